The number of amides is 3. The second-order valence-corrected chi connectivity index (χ2v) is 7.29. The normalized spacial score (nSPS) is 11.7. The average molecular weight is 388 g/mol. The minimum atomic E-state index is -0.653. The molecule has 2 heterocycles. The number of rotatable bonds is 9. The molecule has 144 valence electrons. The Morgan fingerprint density at radius 3 is 2.48 bits per heavy atom. The van der Waals surface area contributed by atoms with Crippen LogP contribution in [0, 0.1) is 5.92 Å². The molecule has 0 saturated heterocycles. The molecule has 0 radical (unpaired) electrons. The van der Waals surface area contributed by atoms with E-state index in [9.17, 15) is 14.4 Å². The second kappa shape index (κ2) is 10.4. The molecule has 8 heteroatoms. The zero-order chi connectivity index (χ0) is 19.6. The van der Waals surface area contributed by atoms with Crippen molar-refractivity contribution in [2.75, 3.05) is 6.54 Å². The molecule has 2 aromatic rings. The molecule has 2 rings (SSSR count). The van der Waals surface area contributed by atoms with Crippen LogP contribution in [0.4, 0.5) is 0 Å². The van der Waals surface area contributed by atoms with Gasteiger partial charge in [0.05, 0.1) is 4.88 Å². The Hall–Kier alpha value is -2.74. The molecule has 1 atom stereocenters. The van der Waals surface area contributed by atoms with E-state index in [0.717, 1.165) is 5.56 Å². The number of hydrogen-bond acceptors (Lipinski definition) is 5. The van der Waals surface area contributed by atoms with Gasteiger partial charge in [0.15, 0.2) is 0 Å². The van der Waals surface area contributed by atoms with Crippen LogP contribution in [0.5, 0.6) is 0 Å². The minimum Gasteiger partial charge on any atom is -0.354 e. The van der Waals surface area contributed by atoms with Gasteiger partial charge in [0.2, 0.25) is 11.8 Å². The Morgan fingerprint density at radius 2 is 1.85 bits per heavy atom. The maximum absolute atomic E-state index is 12.4. The monoisotopic (exact) mass is 388 g/mol. The van der Waals surface area contributed by atoms with Crippen molar-refractivity contribution in [2.45, 2.75) is 32.9 Å². The van der Waals surface area contributed by atoms with Gasteiger partial charge in [-0.15, -0.1) is 11.3 Å². The van der Waals surface area contributed by atoms with Crippen molar-refractivity contribution in [3.8, 4) is 0 Å². The van der Waals surface area contributed by atoms with E-state index in [1.165, 1.54) is 11.3 Å². The molecule has 7 nitrogen and oxygen atoms in total. The molecule has 0 spiro atoms. The predicted molar refractivity (Wildman–Crippen MR) is 104 cm³/mol. The van der Waals surface area contributed by atoms with Gasteiger partial charge in [0, 0.05) is 31.9 Å². The van der Waals surface area contributed by atoms with E-state index in [4.69, 9.17) is 0 Å². The maximum Gasteiger partial charge on any atom is 0.262 e. The van der Waals surface area contributed by atoms with Crippen LogP contribution in [0.1, 0.15) is 35.5 Å². The van der Waals surface area contributed by atoms with E-state index >= 15 is 0 Å². The highest BCUT2D eigenvalue weighted by Crippen LogP contribution is 2.10. The van der Waals surface area contributed by atoms with Crippen molar-refractivity contribution in [3.63, 3.8) is 0 Å². The fraction of sp³-hybridized carbons (Fsp3) is 0.368. The number of aromatic nitrogens is 1. The molecule has 2 aromatic heterocycles. The SMILES string of the molecule is CC(C)C(NC(=O)c1cccs1)C(=O)NCCC(=O)NCc1ccncc1. The summed E-state index contributed by atoms with van der Waals surface area (Å²) in [5.41, 5.74) is 0.957. The smallest absolute Gasteiger partial charge is 0.262 e. The van der Waals surface area contributed by atoms with Crippen LogP contribution in [0.25, 0.3) is 0 Å². The third-order valence-corrected chi connectivity index (χ3v) is 4.74. The number of hydrogen-bond donors (Lipinski definition) is 3. The van der Waals surface area contributed by atoms with Crippen molar-refractivity contribution >= 4 is 29.1 Å². The summed E-state index contributed by atoms with van der Waals surface area (Å²) in [4.78, 5) is 40.9. The van der Waals surface area contributed by atoms with E-state index in [1.54, 1.807) is 24.5 Å². The Kier molecular flexibility index (Phi) is 7.94. The quantitative estimate of drug-likeness (QED) is 0.609. The highest BCUT2D eigenvalue weighted by Gasteiger charge is 2.24. The van der Waals surface area contributed by atoms with E-state index in [0.29, 0.717) is 11.4 Å². The number of thiophene rings is 1. The molecule has 0 fully saturated rings. The topological polar surface area (TPSA) is 100 Å². The van der Waals surface area contributed by atoms with Crippen molar-refractivity contribution < 1.29 is 14.4 Å². The van der Waals surface area contributed by atoms with Crippen LogP contribution >= 0.6 is 11.3 Å². The summed E-state index contributed by atoms with van der Waals surface area (Å²) >= 11 is 1.32. The summed E-state index contributed by atoms with van der Waals surface area (Å²) in [5.74, 6) is -0.795. The molecule has 1 unspecified atom stereocenters. The van der Waals surface area contributed by atoms with Crippen molar-refractivity contribution in [2.24, 2.45) is 5.92 Å². The average Bonchev–Trinajstić information content (AvgIpc) is 3.19. The van der Waals surface area contributed by atoms with Gasteiger partial charge in [-0.1, -0.05) is 19.9 Å². The lowest BCUT2D eigenvalue weighted by Gasteiger charge is -2.21. The van der Waals surface area contributed by atoms with Gasteiger partial charge in [-0.3, -0.25) is 19.4 Å². The zero-order valence-corrected chi connectivity index (χ0v) is 16.2. The first kappa shape index (κ1) is 20.6. The second-order valence-electron chi connectivity index (χ2n) is 6.35. The largest absolute Gasteiger partial charge is 0.354 e. The van der Waals surface area contributed by atoms with Gasteiger partial charge >= 0.3 is 0 Å². The minimum absolute atomic E-state index is 0.0746. The van der Waals surface area contributed by atoms with E-state index in [-0.39, 0.29) is 36.6 Å². The molecule has 27 heavy (non-hydrogen) atoms. The van der Waals surface area contributed by atoms with Crippen molar-refractivity contribution in [1.29, 1.82) is 0 Å². The van der Waals surface area contributed by atoms with Gasteiger partial charge in [0.25, 0.3) is 5.91 Å². The molecular weight excluding hydrogens is 364 g/mol. The first-order valence-electron chi connectivity index (χ1n) is 8.75. The molecule has 0 aliphatic heterocycles. The van der Waals surface area contributed by atoms with E-state index in [1.807, 2.05) is 31.4 Å². The highest BCUT2D eigenvalue weighted by molar-refractivity contribution is 7.12. The number of pyridine rings is 1. The van der Waals surface area contributed by atoms with E-state index < -0.39 is 6.04 Å². The lowest BCUT2D eigenvalue weighted by molar-refractivity contribution is -0.124. The number of nitrogens with zero attached hydrogens (tertiary/aromatic N) is 1. The highest BCUT2D eigenvalue weighted by atomic mass is 32.1. The summed E-state index contributed by atoms with van der Waals surface area (Å²) in [7, 11) is 0. The van der Waals surface area contributed by atoms with Crippen molar-refractivity contribution in [3.05, 3.63) is 52.5 Å². The molecule has 3 amide bonds. The maximum atomic E-state index is 12.4. The van der Waals surface area contributed by atoms with Gasteiger partial charge in [-0.05, 0) is 35.1 Å². The van der Waals surface area contributed by atoms with Crippen LogP contribution < -0.4 is 16.0 Å². The van der Waals surface area contributed by atoms with Gasteiger partial charge < -0.3 is 16.0 Å². The van der Waals surface area contributed by atoms with Gasteiger partial charge in [-0.2, -0.15) is 0 Å². The summed E-state index contributed by atoms with van der Waals surface area (Å²) in [6.07, 6.45) is 3.50. The number of nitrogens with one attached hydrogen (secondary N) is 3. The van der Waals surface area contributed by atoms with Gasteiger partial charge in [0.1, 0.15) is 6.04 Å². The first-order valence-corrected chi connectivity index (χ1v) is 9.63. The van der Waals surface area contributed by atoms with Crippen LogP contribution in [0.3, 0.4) is 0 Å². The Bertz CT molecular complexity index is 748. The lowest BCUT2D eigenvalue weighted by atomic mass is 10.0. The Balaban J connectivity index is 1.74. The van der Waals surface area contributed by atoms with Crippen LogP contribution in [-0.2, 0) is 16.1 Å². The molecular formula is C19H24N4O3S. The Morgan fingerprint density at radius 1 is 1.11 bits per heavy atom. The fourth-order valence-electron chi connectivity index (χ4n) is 2.35. The zero-order valence-electron chi connectivity index (χ0n) is 15.4. The summed E-state index contributed by atoms with van der Waals surface area (Å²) in [6, 6.07) is 6.49. The lowest BCUT2D eigenvalue weighted by Crippen LogP contribution is -2.50. The molecule has 0 saturated carbocycles. The Labute approximate surface area is 162 Å². The van der Waals surface area contributed by atoms with Crippen LogP contribution in [0.15, 0.2) is 42.0 Å². The van der Waals surface area contributed by atoms with Gasteiger partial charge in [-0.25, -0.2) is 0 Å². The summed E-state index contributed by atoms with van der Waals surface area (Å²) in [6.45, 7) is 4.35. The first-order chi connectivity index (χ1) is 13.0. The molecule has 0 aliphatic rings. The standard InChI is InChI=1S/C19H24N4O3S/c1-13(2)17(23-18(25)15-4-3-11-27-15)19(26)21-10-7-16(24)22-12-14-5-8-20-9-6-14/h3-6,8-9,11,13,17H,7,10,12H2,1-2H3,(H,21,26)(H,22,24)(H,23,25). The summed E-state index contributed by atoms with van der Waals surface area (Å²) < 4.78 is 0. The third kappa shape index (κ3) is 6.82. The molecule has 3 N–H and O–H groups in total. The third-order valence-electron chi connectivity index (χ3n) is 3.87. The number of carbonyl (C=O) groups excluding carboxylic acids is 3. The summed E-state index contributed by atoms with van der Waals surface area (Å²) in [5, 5.41) is 10.1. The molecule has 0 aliphatic carbocycles. The predicted octanol–water partition coefficient (Wildman–Crippen LogP) is 1.72. The molecule has 0 aromatic carbocycles. The van der Waals surface area contributed by atoms with Crippen LogP contribution in [-0.4, -0.2) is 35.3 Å². The fourth-order valence-corrected chi connectivity index (χ4v) is 2.98. The van der Waals surface area contributed by atoms with Crippen molar-refractivity contribution in [1.82, 2.24) is 20.9 Å². The molecule has 0 bridgehead atoms. The van der Waals surface area contributed by atoms with E-state index in [2.05, 4.69) is 20.9 Å². The number of carbonyl (C=O) groups is 3. The van der Waals surface area contributed by atoms with Crippen LogP contribution in [0.2, 0.25) is 0 Å².